The molecule has 0 unspecified atom stereocenters. The van der Waals surface area contributed by atoms with Crippen LogP contribution in [0, 0.1) is 0 Å². The molecule has 0 bridgehead atoms. The van der Waals surface area contributed by atoms with Gasteiger partial charge in [0.05, 0.1) is 5.69 Å². The predicted molar refractivity (Wildman–Crippen MR) is 113 cm³/mol. The zero-order valence-corrected chi connectivity index (χ0v) is 16.7. The third-order valence-electron chi connectivity index (χ3n) is 4.42. The van der Waals surface area contributed by atoms with Crippen LogP contribution in [-0.4, -0.2) is 24.5 Å². The highest BCUT2D eigenvalue weighted by molar-refractivity contribution is 7.98. The molecule has 0 spiro atoms. The van der Waals surface area contributed by atoms with E-state index in [2.05, 4.69) is 69.3 Å². The Morgan fingerprint density at radius 3 is 2.39 bits per heavy atom. The maximum absolute atomic E-state index is 4.63. The Labute approximate surface area is 169 Å². The first kappa shape index (κ1) is 18.5. The van der Waals surface area contributed by atoms with E-state index < -0.39 is 0 Å². The Hall–Kier alpha value is -2.86. The van der Waals surface area contributed by atoms with Crippen LogP contribution in [0.4, 0.5) is 0 Å². The second kappa shape index (κ2) is 8.89. The SMILES string of the molecule is CCCn1ccc(CSc2nnc(Cc3ccccc3)n2-c2ccccc2)n1. The van der Waals surface area contributed by atoms with Crippen molar-refractivity contribution in [3.05, 3.63) is 90.0 Å². The van der Waals surface area contributed by atoms with Gasteiger partial charge in [-0.05, 0) is 30.2 Å². The molecule has 0 radical (unpaired) electrons. The Bertz CT molecular complexity index is 1010. The van der Waals surface area contributed by atoms with Crippen molar-refractivity contribution in [3.63, 3.8) is 0 Å². The van der Waals surface area contributed by atoms with Gasteiger partial charge in [-0.3, -0.25) is 9.25 Å². The minimum Gasteiger partial charge on any atom is -0.274 e. The lowest BCUT2D eigenvalue weighted by Crippen LogP contribution is -2.04. The number of aromatic nitrogens is 5. The lowest BCUT2D eigenvalue weighted by Gasteiger charge is -2.10. The molecular weight excluding hydrogens is 366 g/mol. The fourth-order valence-corrected chi connectivity index (χ4v) is 3.97. The first-order valence-corrected chi connectivity index (χ1v) is 10.5. The first-order valence-electron chi connectivity index (χ1n) is 9.52. The first-order chi connectivity index (χ1) is 13.8. The molecule has 0 saturated carbocycles. The van der Waals surface area contributed by atoms with Crippen molar-refractivity contribution in [2.24, 2.45) is 0 Å². The fourth-order valence-electron chi connectivity index (χ4n) is 3.10. The Kier molecular flexibility index (Phi) is 5.87. The van der Waals surface area contributed by atoms with Crippen molar-refractivity contribution < 1.29 is 0 Å². The van der Waals surface area contributed by atoms with Gasteiger partial charge in [0.1, 0.15) is 5.82 Å². The molecule has 142 valence electrons. The highest BCUT2D eigenvalue weighted by atomic mass is 32.2. The Morgan fingerprint density at radius 1 is 0.893 bits per heavy atom. The number of hydrogen-bond acceptors (Lipinski definition) is 4. The van der Waals surface area contributed by atoms with Crippen molar-refractivity contribution in [1.82, 2.24) is 24.5 Å². The van der Waals surface area contributed by atoms with Crippen molar-refractivity contribution >= 4 is 11.8 Å². The highest BCUT2D eigenvalue weighted by Crippen LogP contribution is 2.25. The summed E-state index contributed by atoms with van der Waals surface area (Å²) in [4.78, 5) is 0. The van der Waals surface area contributed by atoms with E-state index in [0.717, 1.165) is 47.5 Å². The van der Waals surface area contributed by atoms with Gasteiger partial charge in [-0.15, -0.1) is 10.2 Å². The van der Waals surface area contributed by atoms with Crippen molar-refractivity contribution in [1.29, 1.82) is 0 Å². The van der Waals surface area contributed by atoms with Crippen LogP contribution < -0.4 is 0 Å². The summed E-state index contributed by atoms with van der Waals surface area (Å²) in [6.07, 6.45) is 3.87. The average Bonchev–Trinajstić information content (AvgIpc) is 3.35. The summed E-state index contributed by atoms with van der Waals surface area (Å²) in [5.74, 6) is 1.71. The summed E-state index contributed by atoms with van der Waals surface area (Å²) in [5.41, 5.74) is 3.37. The second-order valence-corrected chi connectivity index (χ2v) is 7.53. The smallest absolute Gasteiger partial charge is 0.196 e. The number of benzene rings is 2. The van der Waals surface area contributed by atoms with Gasteiger partial charge in [-0.1, -0.05) is 67.2 Å². The lowest BCUT2D eigenvalue weighted by atomic mass is 10.1. The van der Waals surface area contributed by atoms with Gasteiger partial charge in [0.2, 0.25) is 0 Å². The normalized spacial score (nSPS) is 11.0. The van der Waals surface area contributed by atoms with E-state index in [1.54, 1.807) is 11.8 Å². The molecule has 0 aliphatic carbocycles. The van der Waals surface area contributed by atoms with Crippen LogP contribution in [0.25, 0.3) is 5.69 Å². The average molecular weight is 390 g/mol. The maximum Gasteiger partial charge on any atom is 0.196 e. The number of rotatable bonds is 8. The van der Waals surface area contributed by atoms with Crippen LogP contribution in [0.3, 0.4) is 0 Å². The molecule has 0 N–H and O–H groups in total. The van der Waals surface area contributed by atoms with E-state index in [0.29, 0.717) is 0 Å². The highest BCUT2D eigenvalue weighted by Gasteiger charge is 2.15. The third kappa shape index (κ3) is 4.34. The number of aryl methyl sites for hydroxylation is 1. The van der Waals surface area contributed by atoms with E-state index in [1.165, 1.54) is 5.56 Å². The van der Waals surface area contributed by atoms with E-state index in [9.17, 15) is 0 Å². The molecule has 2 aromatic heterocycles. The standard InChI is InChI=1S/C22H23N5S/c1-2-14-26-15-13-19(25-26)17-28-22-24-23-21(16-18-9-5-3-6-10-18)27(22)20-11-7-4-8-12-20/h3-13,15H,2,14,16-17H2,1H3. The summed E-state index contributed by atoms with van der Waals surface area (Å²) >= 11 is 1.67. The van der Waals surface area contributed by atoms with Gasteiger partial charge < -0.3 is 0 Å². The second-order valence-electron chi connectivity index (χ2n) is 6.59. The minimum absolute atomic E-state index is 0.744. The minimum atomic E-state index is 0.744. The molecule has 0 fully saturated rings. The molecule has 28 heavy (non-hydrogen) atoms. The monoisotopic (exact) mass is 389 g/mol. The predicted octanol–water partition coefficient (Wildman–Crippen LogP) is 4.76. The summed E-state index contributed by atoms with van der Waals surface area (Å²) in [6.45, 7) is 3.11. The van der Waals surface area contributed by atoms with Gasteiger partial charge in [-0.25, -0.2) is 0 Å². The molecule has 0 aliphatic rings. The summed E-state index contributed by atoms with van der Waals surface area (Å²) in [5, 5.41) is 14.5. The molecule has 2 aromatic carbocycles. The molecule has 4 rings (SSSR count). The number of para-hydroxylation sites is 1. The fraction of sp³-hybridized carbons (Fsp3) is 0.227. The van der Waals surface area contributed by atoms with Crippen molar-refractivity contribution in [3.8, 4) is 5.69 Å². The molecule has 0 aliphatic heterocycles. The summed E-state index contributed by atoms with van der Waals surface area (Å²) < 4.78 is 4.15. The van der Waals surface area contributed by atoms with Crippen LogP contribution in [0.15, 0.2) is 78.1 Å². The molecule has 6 heteroatoms. The quantitative estimate of drug-likeness (QED) is 0.408. The maximum atomic E-state index is 4.63. The topological polar surface area (TPSA) is 48.5 Å². The van der Waals surface area contributed by atoms with Gasteiger partial charge in [0.25, 0.3) is 0 Å². The Balaban J connectivity index is 1.59. The molecule has 0 atom stereocenters. The van der Waals surface area contributed by atoms with E-state index >= 15 is 0 Å². The van der Waals surface area contributed by atoms with Crippen LogP contribution in [-0.2, 0) is 18.7 Å². The molecule has 0 amide bonds. The van der Waals surface area contributed by atoms with Gasteiger partial charge in [0.15, 0.2) is 5.16 Å². The number of nitrogens with zero attached hydrogens (tertiary/aromatic N) is 5. The van der Waals surface area contributed by atoms with Crippen molar-refractivity contribution in [2.45, 2.75) is 37.2 Å². The van der Waals surface area contributed by atoms with Crippen LogP contribution in [0.2, 0.25) is 0 Å². The van der Waals surface area contributed by atoms with E-state index in [1.807, 2.05) is 35.1 Å². The third-order valence-corrected chi connectivity index (χ3v) is 5.38. The van der Waals surface area contributed by atoms with Gasteiger partial charge in [0, 0.05) is 30.6 Å². The van der Waals surface area contributed by atoms with Crippen LogP contribution >= 0.6 is 11.8 Å². The van der Waals surface area contributed by atoms with Gasteiger partial charge in [-0.2, -0.15) is 5.10 Å². The molecule has 2 heterocycles. The van der Waals surface area contributed by atoms with E-state index in [4.69, 9.17) is 0 Å². The molecular formula is C22H23N5S. The zero-order chi connectivity index (χ0) is 19.2. The van der Waals surface area contributed by atoms with Crippen LogP contribution in [0.5, 0.6) is 0 Å². The Morgan fingerprint density at radius 2 is 1.64 bits per heavy atom. The number of hydrogen-bond donors (Lipinski definition) is 0. The van der Waals surface area contributed by atoms with E-state index in [-0.39, 0.29) is 0 Å². The number of thioether (sulfide) groups is 1. The zero-order valence-electron chi connectivity index (χ0n) is 15.9. The van der Waals surface area contributed by atoms with Crippen molar-refractivity contribution in [2.75, 3.05) is 0 Å². The molecule has 5 nitrogen and oxygen atoms in total. The molecule has 0 saturated heterocycles. The summed E-state index contributed by atoms with van der Waals surface area (Å²) in [7, 11) is 0. The molecule has 4 aromatic rings. The summed E-state index contributed by atoms with van der Waals surface area (Å²) in [6, 6.07) is 22.8. The lowest BCUT2D eigenvalue weighted by molar-refractivity contribution is 0.597. The largest absolute Gasteiger partial charge is 0.274 e. The van der Waals surface area contributed by atoms with Crippen LogP contribution in [0.1, 0.15) is 30.4 Å². The van der Waals surface area contributed by atoms with Gasteiger partial charge >= 0.3 is 0 Å².